The summed E-state index contributed by atoms with van der Waals surface area (Å²) >= 11 is 0. The molecule has 92 valence electrons. The molecule has 1 aromatic carbocycles. The standard InChI is InChI=1S/C16H17NO/c1-3-14(15-7-9-17-10-8-15)11-13-5-4-6-16(12-13)18-2/h4-12H,3H2,1-2H3/b14-11-. The van der Waals surface area contributed by atoms with Crippen molar-refractivity contribution < 1.29 is 4.74 Å². The normalized spacial score (nSPS) is 11.3. The molecular formula is C16H17NO. The first kappa shape index (κ1) is 12.4. The predicted molar refractivity (Wildman–Crippen MR) is 75.4 cm³/mol. The molecule has 1 aromatic heterocycles. The van der Waals surface area contributed by atoms with Crippen molar-refractivity contribution in [1.29, 1.82) is 0 Å². The number of hydrogen-bond donors (Lipinski definition) is 0. The van der Waals surface area contributed by atoms with Crippen molar-refractivity contribution in [3.05, 3.63) is 59.9 Å². The topological polar surface area (TPSA) is 22.1 Å². The Labute approximate surface area is 108 Å². The van der Waals surface area contributed by atoms with Crippen molar-refractivity contribution in [1.82, 2.24) is 4.98 Å². The molecule has 1 heterocycles. The molecule has 0 saturated carbocycles. The Bertz CT molecular complexity index is 532. The first-order valence-electron chi connectivity index (χ1n) is 6.08. The SMILES string of the molecule is CC/C(=C/c1cccc(OC)c1)c1ccncc1. The van der Waals surface area contributed by atoms with Gasteiger partial charge in [-0.1, -0.05) is 25.1 Å². The van der Waals surface area contributed by atoms with Gasteiger partial charge in [-0.05, 0) is 47.4 Å². The van der Waals surface area contributed by atoms with Crippen LogP contribution in [-0.2, 0) is 0 Å². The fourth-order valence-corrected chi connectivity index (χ4v) is 1.89. The van der Waals surface area contributed by atoms with Gasteiger partial charge in [-0.25, -0.2) is 0 Å². The van der Waals surface area contributed by atoms with Crippen LogP contribution in [0.25, 0.3) is 11.6 Å². The Kier molecular flexibility index (Phi) is 4.13. The van der Waals surface area contributed by atoms with Crippen LogP contribution in [0.4, 0.5) is 0 Å². The second-order valence-electron chi connectivity index (χ2n) is 4.04. The molecular weight excluding hydrogens is 222 g/mol. The lowest BCUT2D eigenvalue weighted by Crippen LogP contribution is -1.85. The molecule has 2 rings (SSSR count). The summed E-state index contributed by atoms with van der Waals surface area (Å²) in [6.45, 7) is 2.16. The van der Waals surface area contributed by atoms with Crippen LogP contribution in [0.1, 0.15) is 24.5 Å². The minimum Gasteiger partial charge on any atom is -0.497 e. The van der Waals surface area contributed by atoms with Crippen LogP contribution in [0.5, 0.6) is 5.75 Å². The molecule has 0 unspecified atom stereocenters. The van der Waals surface area contributed by atoms with Gasteiger partial charge in [0.25, 0.3) is 0 Å². The van der Waals surface area contributed by atoms with Crippen molar-refractivity contribution >= 4 is 11.6 Å². The second kappa shape index (κ2) is 6.01. The van der Waals surface area contributed by atoms with E-state index in [-0.39, 0.29) is 0 Å². The molecule has 0 N–H and O–H groups in total. The molecule has 0 aliphatic carbocycles. The van der Waals surface area contributed by atoms with Gasteiger partial charge in [0.2, 0.25) is 0 Å². The second-order valence-corrected chi connectivity index (χ2v) is 4.04. The highest BCUT2D eigenvalue weighted by Crippen LogP contribution is 2.22. The molecule has 18 heavy (non-hydrogen) atoms. The third kappa shape index (κ3) is 2.98. The molecule has 2 heteroatoms. The number of methoxy groups -OCH3 is 1. The number of hydrogen-bond acceptors (Lipinski definition) is 2. The van der Waals surface area contributed by atoms with Gasteiger partial charge in [-0.2, -0.15) is 0 Å². The highest BCUT2D eigenvalue weighted by Gasteiger charge is 2.00. The van der Waals surface area contributed by atoms with Crippen LogP contribution in [0.15, 0.2) is 48.8 Å². The molecule has 0 aliphatic heterocycles. The fourth-order valence-electron chi connectivity index (χ4n) is 1.89. The quantitative estimate of drug-likeness (QED) is 0.803. The van der Waals surface area contributed by atoms with E-state index in [1.807, 2.05) is 42.7 Å². The number of ether oxygens (including phenoxy) is 1. The lowest BCUT2D eigenvalue weighted by atomic mass is 10.0. The minimum atomic E-state index is 0.883. The van der Waals surface area contributed by atoms with Crippen LogP contribution in [-0.4, -0.2) is 12.1 Å². The lowest BCUT2D eigenvalue weighted by molar-refractivity contribution is 0.414. The van der Waals surface area contributed by atoms with Gasteiger partial charge in [0.05, 0.1) is 7.11 Å². The fraction of sp³-hybridized carbons (Fsp3) is 0.188. The molecule has 0 radical (unpaired) electrons. The highest BCUT2D eigenvalue weighted by molar-refractivity contribution is 5.81. The van der Waals surface area contributed by atoms with Gasteiger partial charge >= 0.3 is 0 Å². The molecule has 0 amide bonds. The summed E-state index contributed by atoms with van der Waals surface area (Å²) in [6.07, 6.45) is 6.83. The van der Waals surface area contributed by atoms with E-state index in [4.69, 9.17) is 4.74 Å². The first-order valence-corrected chi connectivity index (χ1v) is 6.08. The van der Waals surface area contributed by atoms with Gasteiger partial charge in [-0.3, -0.25) is 4.98 Å². The van der Waals surface area contributed by atoms with E-state index < -0.39 is 0 Å². The molecule has 2 aromatic rings. The predicted octanol–water partition coefficient (Wildman–Crippen LogP) is 4.04. The number of rotatable bonds is 4. The Balaban J connectivity index is 2.34. The van der Waals surface area contributed by atoms with E-state index in [0.717, 1.165) is 17.7 Å². The molecule has 2 nitrogen and oxygen atoms in total. The van der Waals surface area contributed by atoms with Gasteiger partial charge < -0.3 is 4.74 Å². The number of benzene rings is 1. The van der Waals surface area contributed by atoms with E-state index in [0.29, 0.717) is 0 Å². The molecule has 0 spiro atoms. The molecule has 0 fully saturated rings. The Morgan fingerprint density at radius 3 is 2.67 bits per heavy atom. The summed E-state index contributed by atoms with van der Waals surface area (Å²) in [5, 5.41) is 0. The summed E-state index contributed by atoms with van der Waals surface area (Å²) in [5.41, 5.74) is 3.67. The summed E-state index contributed by atoms with van der Waals surface area (Å²) in [4.78, 5) is 4.05. The summed E-state index contributed by atoms with van der Waals surface area (Å²) < 4.78 is 5.24. The van der Waals surface area contributed by atoms with Gasteiger partial charge in [0.1, 0.15) is 5.75 Å². The molecule has 0 atom stereocenters. The zero-order chi connectivity index (χ0) is 12.8. The third-order valence-corrected chi connectivity index (χ3v) is 2.87. The van der Waals surface area contributed by atoms with Crippen LogP contribution < -0.4 is 4.74 Å². The van der Waals surface area contributed by atoms with Crippen molar-refractivity contribution in [2.45, 2.75) is 13.3 Å². The van der Waals surface area contributed by atoms with Crippen molar-refractivity contribution in [2.75, 3.05) is 7.11 Å². The van der Waals surface area contributed by atoms with Gasteiger partial charge in [-0.15, -0.1) is 0 Å². The van der Waals surface area contributed by atoms with E-state index in [9.17, 15) is 0 Å². The minimum absolute atomic E-state index is 0.883. The summed E-state index contributed by atoms with van der Waals surface area (Å²) in [6, 6.07) is 12.2. The first-order chi connectivity index (χ1) is 8.83. The summed E-state index contributed by atoms with van der Waals surface area (Å²) in [5.74, 6) is 0.883. The van der Waals surface area contributed by atoms with E-state index >= 15 is 0 Å². The average molecular weight is 239 g/mol. The molecule has 0 bridgehead atoms. The average Bonchev–Trinajstić information content (AvgIpc) is 2.46. The zero-order valence-electron chi connectivity index (χ0n) is 10.8. The maximum atomic E-state index is 5.24. The van der Waals surface area contributed by atoms with Crippen molar-refractivity contribution in [2.24, 2.45) is 0 Å². The van der Waals surface area contributed by atoms with E-state index in [2.05, 4.69) is 24.1 Å². The number of pyridine rings is 1. The van der Waals surface area contributed by atoms with E-state index in [1.165, 1.54) is 11.1 Å². The Morgan fingerprint density at radius 2 is 2.00 bits per heavy atom. The maximum Gasteiger partial charge on any atom is 0.119 e. The van der Waals surface area contributed by atoms with Gasteiger partial charge in [0, 0.05) is 12.4 Å². The molecule has 0 saturated heterocycles. The van der Waals surface area contributed by atoms with Crippen LogP contribution in [0.2, 0.25) is 0 Å². The number of allylic oxidation sites excluding steroid dienone is 1. The zero-order valence-corrected chi connectivity index (χ0v) is 10.8. The van der Waals surface area contributed by atoms with E-state index in [1.54, 1.807) is 7.11 Å². The maximum absolute atomic E-state index is 5.24. The monoisotopic (exact) mass is 239 g/mol. The number of nitrogens with zero attached hydrogens (tertiary/aromatic N) is 1. The van der Waals surface area contributed by atoms with Crippen LogP contribution in [0, 0.1) is 0 Å². The van der Waals surface area contributed by atoms with Crippen molar-refractivity contribution in [3.63, 3.8) is 0 Å². The number of aromatic nitrogens is 1. The van der Waals surface area contributed by atoms with Gasteiger partial charge in [0.15, 0.2) is 0 Å². The Hall–Kier alpha value is -2.09. The largest absolute Gasteiger partial charge is 0.497 e. The smallest absolute Gasteiger partial charge is 0.119 e. The Morgan fingerprint density at radius 1 is 1.22 bits per heavy atom. The molecule has 0 aliphatic rings. The van der Waals surface area contributed by atoms with Crippen LogP contribution in [0.3, 0.4) is 0 Å². The lowest BCUT2D eigenvalue weighted by Gasteiger charge is -2.06. The highest BCUT2D eigenvalue weighted by atomic mass is 16.5. The summed E-state index contributed by atoms with van der Waals surface area (Å²) in [7, 11) is 1.69. The van der Waals surface area contributed by atoms with Crippen LogP contribution >= 0.6 is 0 Å². The third-order valence-electron chi connectivity index (χ3n) is 2.87. The van der Waals surface area contributed by atoms with Crippen molar-refractivity contribution in [3.8, 4) is 5.75 Å².